The Balaban J connectivity index is 1.27. The first-order chi connectivity index (χ1) is 13.6. The molecule has 0 aromatic heterocycles. The lowest BCUT2D eigenvalue weighted by Gasteiger charge is -2.38. The smallest absolute Gasteiger partial charge is 0.319 e. The number of carbonyl (C=O) groups is 3. The maximum Gasteiger partial charge on any atom is 0.319 e. The van der Waals surface area contributed by atoms with Crippen molar-refractivity contribution in [2.24, 2.45) is 23.7 Å². The van der Waals surface area contributed by atoms with Crippen LogP contribution in [0.1, 0.15) is 19.8 Å². The van der Waals surface area contributed by atoms with Crippen LogP contribution in [0.5, 0.6) is 5.75 Å². The number of fused-ring (bicyclic) bond motifs is 1. The lowest BCUT2D eigenvalue weighted by molar-refractivity contribution is -0.140. The molecule has 1 saturated heterocycles. The zero-order valence-electron chi connectivity index (χ0n) is 15.9. The van der Waals surface area contributed by atoms with Crippen molar-refractivity contribution in [1.29, 1.82) is 0 Å². The fraction of sp³-hybridized carbons (Fsp3) is 0.476. The van der Waals surface area contributed by atoms with E-state index in [0.717, 1.165) is 18.6 Å². The summed E-state index contributed by atoms with van der Waals surface area (Å²) < 4.78 is 5.37. The molecule has 4 atom stereocenters. The highest BCUT2D eigenvalue weighted by Gasteiger charge is 2.56. The summed E-state index contributed by atoms with van der Waals surface area (Å²) in [6.07, 6.45) is 6.18. The molecule has 4 amide bonds. The van der Waals surface area contributed by atoms with Crippen LogP contribution in [-0.2, 0) is 9.59 Å². The zero-order chi connectivity index (χ0) is 19.7. The SMILES string of the molecule is CCOc1ccc(NC(=O)NCCN2C(=O)C3C4C=CC(CC4)C3C2=O)cc1. The van der Waals surface area contributed by atoms with Gasteiger partial charge in [-0.3, -0.25) is 14.5 Å². The molecule has 28 heavy (non-hydrogen) atoms. The van der Waals surface area contributed by atoms with E-state index in [9.17, 15) is 14.4 Å². The molecule has 2 N–H and O–H groups in total. The fourth-order valence-corrected chi connectivity index (χ4v) is 4.61. The van der Waals surface area contributed by atoms with Crippen molar-refractivity contribution in [2.75, 3.05) is 25.0 Å². The quantitative estimate of drug-likeness (QED) is 0.583. The average Bonchev–Trinajstić information content (AvgIpc) is 2.98. The zero-order valence-corrected chi connectivity index (χ0v) is 15.9. The number of nitrogens with zero attached hydrogens (tertiary/aromatic N) is 1. The minimum Gasteiger partial charge on any atom is -0.494 e. The van der Waals surface area contributed by atoms with Crippen molar-refractivity contribution in [1.82, 2.24) is 10.2 Å². The Morgan fingerprint density at radius 1 is 1.07 bits per heavy atom. The average molecular weight is 383 g/mol. The molecule has 7 heteroatoms. The summed E-state index contributed by atoms with van der Waals surface area (Å²) in [4.78, 5) is 38.9. The number of anilines is 1. The van der Waals surface area contributed by atoms with E-state index in [4.69, 9.17) is 4.74 Å². The van der Waals surface area contributed by atoms with Crippen LogP contribution >= 0.6 is 0 Å². The Labute approximate surface area is 164 Å². The second kappa shape index (κ2) is 7.66. The fourth-order valence-electron chi connectivity index (χ4n) is 4.61. The van der Waals surface area contributed by atoms with E-state index in [-0.39, 0.29) is 54.6 Å². The summed E-state index contributed by atoms with van der Waals surface area (Å²) >= 11 is 0. The van der Waals surface area contributed by atoms with E-state index in [1.165, 1.54) is 4.90 Å². The first-order valence-corrected chi connectivity index (χ1v) is 9.89. The number of ether oxygens (including phenoxy) is 1. The molecule has 1 aromatic carbocycles. The van der Waals surface area contributed by atoms with E-state index >= 15 is 0 Å². The number of nitrogens with one attached hydrogen (secondary N) is 2. The number of hydrogen-bond donors (Lipinski definition) is 2. The predicted octanol–water partition coefficient (Wildman–Crippen LogP) is 2.40. The number of likely N-dealkylation sites (tertiary alicyclic amines) is 1. The first kappa shape index (κ1) is 18.5. The van der Waals surface area contributed by atoms with Gasteiger partial charge in [0.1, 0.15) is 5.75 Å². The molecule has 0 radical (unpaired) electrons. The number of urea groups is 1. The minimum absolute atomic E-state index is 0.0808. The maximum absolute atomic E-state index is 12.7. The molecule has 2 fully saturated rings. The lowest BCUT2D eigenvalue weighted by Crippen LogP contribution is -2.40. The van der Waals surface area contributed by atoms with Crippen molar-refractivity contribution in [2.45, 2.75) is 19.8 Å². The van der Waals surface area contributed by atoms with Gasteiger partial charge in [0.05, 0.1) is 18.4 Å². The van der Waals surface area contributed by atoms with Crippen molar-refractivity contribution in [3.05, 3.63) is 36.4 Å². The van der Waals surface area contributed by atoms with Crippen LogP contribution in [0, 0.1) is 23.7 Å². The molecule has 4 aliphatic rings. The van der Waals surface area contributed by atoms with Crippen molar-refractivity contribution >= 4 is 23.5 Å². The molecular weight excluding hydrogens is 358 g/mol. The molecule has 148 valence electrons. The summed E-state index contributed by atoms with van der Waals surface area (Å²) in [5.74, 6) is 0.553. The van der Waals surface area contributed by atoms with Crippen LogP contribution in [0.2, 0.25) is 0 Å². The monoisotopic (exact) mass is 383 g/mol. The molecule has 5 rings (SSSR count). The minimum atomic E-state index is -0.373. The van der Waals surface area contributed by atoms with Gasteiger partial charge in [-0.05, 0) is 55.9 Å². The number of imide groups is 1. The number of allylic oxidation sites excluding steroid dienone is 2. The Hall–Kier alpha value is -2.83. The van der Waals surface area contributed by atoms with Gasteiger partial charge in [0.2, 0.25) is 11.8 Å². The number of hydrogen-bond acceptors (Lipinski definition) is 4. The molecule has 4 unspecified atom stereocenters. The molecular formula is C21H25N3O4. The van der Waals surface area contributed by atoms with Crippen LogP contribution in [0.3, 0.4) is 0 Å². The Kier molecular flexibility index (Phi) is 5.07. The van der Waals surface area contributed by atoms with Crippen LogP contribution in [0.25, 0.3) is 0 Å². The highest BCUT2D eigenvalue weighted by molar-refractivity contribution is 6.06. The van der Waals surface area contributed by atoms with Crippen molar-refractivity contribution in [3.8, 4) is 5.75 Å². The van der Waals surface area contributed by atoms with Crippen molar-refractivity contribution < 1.29 is 19.1 Å². The molecule has 0 spiro atoms. The third-order valence-electron chi connectivity index (χ3n) is 5.89. The molecule has 2 bridgehead atoms. The van der Waals surface area contributed by atoms with Gasteiger partial charge >= 0.3 is 6.03 Å². The van der Waals surface area contributed by atoms with Crippen molar-refractivity contribution in [3.63, 3.8) is 0 Å². The maximum atomic E-state index is 12.7. The van der Waals surface area contributed by atoms with E-state index in [0.29, 0.717) is 12.3 Å². The second-order valence-electron chi connectivity index (χ2n) is 7.51. The van der Waals surface area contributed by atoms with Crippen LogP contribution < -0.4 is 15.4 Å². The van der Waals surface area contributed by atoms with Gasteiger partial charge in [-0.2, -0.15) is 0 Å². The van der Waals surface area contributed by atoms with E-state index in [1.807, 2.05) is 6.92 Å². The standard InChI is InChI=1S/C21H25N3O4/c1-2-28-16-9-7-15(8-10-16)23-21(27)22-11-12-24-19(25)17-13-3-4-14(6-5-13)18(17)20(24)26/h3-4,7-10,13-14,17-18H,2,5-6,11-12H2,1H3,(H2,22,23,27). The highest BCUT2D eigenvalue weighted by atomic mass is 16.5. The van der Waals surface area contributed by atoms with Gasteiger partial charge in [0.25, 0.3) is 0 Å². The van der Waals surface area contributed by atoms with E-state index in [1.54, 1.807) is 24.3 Å². The second-order valence-corrected chi connectivity index (χ2v) is 7.51. The summed E-state index contributed by atoms with van der Waals surface area (Å²) in [6, 6.07) is 6.70. The number of benzene rings is 1. The Morgan fingerprint density at radius 2 is 1.68 bits per heavy atom. The molecule has 7 nitrogen and oxygen atoms in total. The Bertz CT molecular complexity index is 772. The molecule has 1 saturated carbocycles. The van der Waals surface area contributed by atoms with E-state index < -0.39 is 0 Å². The summed E-state index contributed by atoms with van der Waals surface area (Å²) in [5, 5.41) is 5.44. The van der Waals surface area contributed by atoms with Crippen LogP contribution in [0.4, 0.5) is 10.5 Å². The number of rotatable bonds is 6. The van der Waals surface area contributed by atoms with Gasteiger partial charge in [-0.25, -0.2) is 4.79 Å². The molecule has 1 aliphatic heterocycles. The largest absolute Gasteiger partial charge is 0.494 e. The van der Waals surface area contributed by atoms with E-state index in [2.05, 4.69) is 22.8 Å². The van der Waals surface area contributed by atoms with Gasteiger partial charge < -0.3 is 15.4 Å². The summed E-state index contributed by atoms with van der Waals surface area (Å²) in [6.45, 7) is 2.93. The molecule has 1 aromatic rings. The third kappa shape index (κ3) is 3.37. The van der Waals surface area contributed by atoms with Crippen LogP contribution in [0.15, 0.2) is 36.4 Å². The van der Waals surface area contributed by atoms with Gasteiger partial charge in [0.15, 0.2) is 0 Å². The Morgan fingerprint density at radius 3 is 2.21 bits per heavy atom. The molecule has 1 heterocycles. The normalized spacial score (nSPS) is 27.7. The lowest BCUT2D eigenvalue weighted by atomic mass is 9.63. The summed E-state index contributed by atoms with van der Waals surface area (Å²) in [7, 11) is 0. The highest BCUT2D eigenvalue weighted by Crippen LogP contribution is 2.49. The number of amides is 4. The van der Waals surface area contributed by atoms with Crippen LogP contribution in [-0.4, -0.2) is 42.4 Å². The van der Waals surface area contributed by atoms with Gasteiger partial charge in [-0.15, -0.1) is 0 Å². The topological polar surface area (TPSA) is 87.7 Å². The third-order valence-corrected chi connectivity index (χ3v) is 5.89. The van der Waals surface area contributed by atoms with Gasteiger partial charge in [-0.1, -0.05) is 12.2 Å². The number of carbonyl (C=O) groups excluding carboxylic acids is 3. The van der Waals surface area contributed by atoms with Gasteiger partial charge in [0, 0.05) is 18.8 Å². The summed E-state index contributed by atoms with van der Waals surface area (Å²) in [5.41, 5.74) is 0.642. The predicted molar refractivity (Wildman–Crippen MR) is 104 cm³/mol. The first-order valence-electron chi connectivity index (χ1n) is 9.89. The molecule has 3 aliphatic carbocycles.